The van der Waals surface area contributed by atoms with Crippen molar-refractivity contribution < 1.29 is 55.0 Å². The predicted molar refractivity (Wildman–Crippen MR) is 253 cm³/mol. The predicted octanol–water partition coefficient (Wildman–Crippen LogP) is 9.41. The normalized spacial score (nSPS) is 24.8. The molecule has 19 heteroatoms. The van der Waals surface area contributed by atoms with Crippen molar-refractivity contribution in [2.75, 3.05) is 6.54 Å². The van der Waals surface area contributed by atoms with Crippen LogP contribution in [0.25, 0.3) is 21.6 Å². The van der Waals surface area contributed by atoms with Crippen molar-refractivity contribution in [2.45, 2.75) is 153 Å². The van der Waals surface area contributed by atoms with Gasteiger partial charge in [-0.1, -0.05) is 43.2 Å². The highest BCUT2D eigenvalue weighted by Gasteiger charge is 2.62. The molecule has 5 atom stereocenters. The van der Waals surface area contributed by atoms with Gasteiger partial charge < -0.3 is 19.1 Å². The van der Waals surface area contributed by atoms with Crippen molar-refractivity contribution in [2.24, 2.45) is 17.3 Å². The Morgan fingerprint density at radius 3 is 2.49 bits per heavy atom. The molecule has 0 spiro atoms. The minimum atomic E-state index is -4.82. The van der Waals surface area contributed by atoms with E-state index in [0.717, 1.165) is 18.4 Å². The molecule has 4 heterocycles. The van der Waals surface area contributed by atoms with Gasteiger partial charge in [0.05, 0.1) is 40.4 Å². The van der Waals surface area contributed by atoms with Gasteiger partial charge in [-0.25, -0.2) is 13.4 Å². The molecule has 4 aromatic rings. The van der Waals surface area contributed by atoms with E-state index in [1.807, 2.05) is 54.1 Å². The molecule has 4 aliphatic rings. The fraction of sp³-hybridized carbons (Fsp3) is 0.560. The van der Waals surface area contributed by atoms with E-state index in [2.05, 4.69) is 9.46 Å². The fourth-order valence-corrected chi connectivity index (χ4v) is 11.8. The van der Waals surface area contributed by atoms with Crippen LogP contribution in [0.4, 0.5) is 13.2 Å². The lowest BCUT2D eigenvalue weighted by molar-refractivity contribution is -0.274. The summed E-state index contributed by atoms with van der Waals surface area (Å²) in [5.41, 5.74) is 1.13. The Kier molecular flexibility index (Phi) is 13.9. The summed E-state index contributed by atoms with van der Waals surface area (Å²) in [6.45, 7) is 10.8. The van der Waals surface area contributed by atoms with E-state index in [0.29, 0.717) is 59.4 Å². The van der Waals surface area contributed by atoms with Gasteiger partial charge in [-0.3, -0.25) is 28.5 Å². The maximum Gasteiger partial charge on any atom is 0.573 e. The molecule has 2 aromatic heterocycles. The van der Waals surface area contributed by atoms with Crippen molar-refractivity contribution >= 4 is 56.0 Å². The maximum absolute atomic E-state index is 14.9. The summed E-state index contributed by atoms with van der Waals surface area (Å²) < 4.78 is 85.2. The van der Waals surface area contributed by atoms with Crippen LogP contribution in [-0.4, -0.2) is 86.8 Å². The number of amides is 2. The highest BCUT2D eigenvalue weighted by molar-refractivity contribution is 7.91. The van der Waals surface area contributed by atoms with Crippen LogP contribution >= 0.6 is 11.3 Å². The molecule has 2 saturated carbocycles. The van der Waals surface area contributed by atoms with Gasteiger partial charge in [0.2, 0.25) is 21.8 Å². The summed E-state index contributed by atoms with van der Waals surface area (Å²) in [6, 6.07) is 10.4. The number of fused-ring (bicyclic) bond motifs is 3. The second-order valence-electron chi connectivity index (χ2n) is 20.6. The number of carbonyl (C=O) groups excluding carboxylic acids is 4. The number of alkyl halides is 3. The zero-order chi connectivity index (χ0) is 49.7. The first-order valence-corrected chi connectivity index (χ1v) is 26.1. The lowest BCUT2D eigenvalue weighted by Gasteiger charge is -2.29. The Morgan fingerprint density at radius 1 is 1.03 bits per heavy atom. The number of nitrogens with zero attached hydrogens (tertiary/aromatic N) is 4. The van der Waals surface area contributed by atoms with Crippen LogP contribution in [0.2, 0.25) is 0 Å². The largest absolute Gasteiger partial charge is 0.573 e. The fourth-order valence-electron chi connectivity index (χ4n) is 9.58. The van der Waals surface area contributed by atoms with Gasteiger partial charge in [-0.05, 0) is 116 Å². The standard InChI is InChI=1S/C50H60F3N5O9S2/c1-30(2)58-38-19-13-18-37(43-54-34(29-68-43)22-31-14-12-17-35(23-31)66-50(51,52)53)42(38)55-46(58)65-36-25-39-40(59)27-49(45(62)56-69(63,64)48(6)20-21-48)26-33(49)16-11-9-7-8-10-15-32(44(61)57(39)28-36)24-41(60)67-47(3,4)5/h11-14,16-19,23,29-30,32-33,36,39H,7-10,15,20-22,24-28H2,1-6H3,(H,56,62)/b16-11-/t32-,33-,36-,39+,49-/m1/s1. The molecule has 2 aliphatic carbocycles. The number of hydrogen-bond acceptors (Lipinski definition) is 12. The monoisotopic (exact) mass is 995 g/mol. The van der Waals surface area contributed by atoms with Gasteiger partial charge in [0.25, 0.3) is 6.01 Å². The highest BCUT2D eigenvalue weighted by atomic mass is 32.2. The molecule has 2 aromatic carbocycles. The number of sulfonamides is 1. The number of allylic oxidation sites excluding steroid dienone is 2. The van der Waals surface area contributed by atoms with Gasteiger partial charge in [0.15, 0.2) is 5.78 Å². The Labute approximate surface area is 404 Å². The molecule has 3 fully saturated rings. The number of para-hydroxylation sites is 1. The van der Waals surface area contributed by atoms with Crippen LogP contribution in [0.3, 0.4) is 0 Å². The minimum absolute atomic E-state index is 0.0193. The lowest BCUT2D eigenvalue weighted by Crippen LogP contribution is -2.47. The Balaban J connectivity index is 1.09. The minimum Gasteiger partial charge on any atom is -0.460 e. The van der Waals surface area contributed by atoms with Crippen LogP contribution in [0.1, 0.15) is 129 Å². The number of imidazole rings is 1. The van der Waals surface area contributed by atoms with Gasteiger partial charge in [0, 0.05) is 42.2 Å². The quantitative estimate of drug-likeness (QED) is 0.106. The molecule has 1 saturated heterocycles. The van der Waals surface area contributed by atoms with Crippen molar-refractivity contribution in [1.82, 2.24) is 24.2 Å². The Morgan fingerprint density at radius 2 is 1.78 bits per heavy atom. The maximum atomic E-state index is 14.9. The highest BCUT2D eigenvalue weighted by Crippen LogP contribution is 2.58. The summed E-state index contributed by atoms with van der Waals surface area (Å²) in [6.07, 6.45) is 2.60. The number of rotatable bonds is 12. The molecule has 1 N–H and O–H groups in total. The number of esters is 1. The molecular weight excluding hydrogens is 936 g/mol. The van der Waals surface area contributed by atoms with E-state index in [1.165, 1.54) is 34.4 Å². The number of nitrogens with one attached hydrogen (secondary N) is 1. The molecule has 0 unspecified atom stereocenters. The van der Waals surface area contributed by atoms with Crippen molar-refractivity contribution in [3.63, 3.8) is 0 Å². The number of halogens is 3. The van der Waals surface area contributed by atoms with E-state index in [9.17, 15) is 40.8 Å². The molecule has 14 nitrogen and oxygen atoms in total. The first-order chi connectivity index (χ1) is 32.4. The van der Waals surface area contributed by atoms with Gasteiger partial charge in [0.1, 0.15) is 28.0 Å². The average Bonchev–Trinajstić information content (AvgIpc) is 3.94. The zero-order valence-electron chi connectivity index (χ0n) is 39.8. The molecular formula is C50H60F3N5O9S2. The third-order valence-electron chi connectivity index (χ3n) is 13.6. The van der Waals surface area contributed by atoms with Crippen LogP contribution in [-0.2, 0) is 40.4 Å². The van der Waals surface area contributed by atoms with Gasteiger partial charge >= 0.3 is 12.3 Å². The van der Waals surface area contributed by atoms with Gasteiger partial charge in [-0.2, -0.15) is 4.98 Å². The second kappa shape index (κ2) is 19.1. The van der Waals surface area contributed by atoms with E-state index in [1.54, 1.807) is 33.8 Å². The number of thiazole rings is 1. The van der Waals surface area contributed by atoms with E-state index in [4.69, 9.17) is 19.4 Å². The zero-order valence-corrected chi connectivity index (χ0v) is 41.4. The summed E-state index contributed by atoms with van der Waals surface area (Å²) in [5, 5.41) is 2.47. The second-order valence-corrected chi connectivity index (χ2v) is 23.6. The third-order valence-corrected chi connectivity index (χ3v) is 16.7. The van der Waals surface area contributed by atoms with Crippen LogP contribution in [0, 0.1) is 17.3 Å². The molecule has 0 radical (unpaired) electrons. The van der Waals surface area contributed by atoms with Crippen molar-refractivity contribution in [1.29, 1.82) is 0 Å². The third kappa shape index (κ3) is 11.3. The van der Waals surface area contributed by atoms with Crippen LogP contribution in [0.5, 0.6) is 11.8 Å². The smallest absolute Gasteiger partial charge is 0.460 e. The molecule has 2 aliphatic heterocycles. The van der Waals surface area contributed by atoms with Crippen LogP contribution < -0.4 is 14.2 Å². The van der Waals surface area contributed by atoms with E-state index < -0.39 is 73.8 Å². The van der Waals surface area contributed by atoms with Crippen molar-refractivity contribution in [3.8, 4) is 22.3 Å². The van der Waals surface area contributed by atoms with Crippen LogP contribution in [0.15, 0.2) is 60.0 Å². The summed E-state index contributed by atoms with van der Waals surface area (Å²) in [5.74, 6) is -3.53. The SMILES string of the molecule is CC(C)n1c(O[C@@H]2C[C@H]3C(=O)C[C@]4(C(=O)NS(=O)(=O)C5(C)CC5)C[C@H]4/C=C\CCCCC[C@H](CC(=O)OC(C)(C)C)C(=O)N3C2)nc2c(-c3nc(Cc4cccc(OC(F)(F)F)c4)cs3)cccc21. The lowest BCUT2D eigenvalue weighted by atomic mass is 9.90. The summed E-state index contributed by atoms with van der Waals surface area (Å²) in [4.78, 5) is 68.5. The Bertz CT molecular complexity index is 2760. The number of ether oxygens (including phenoxy) is 3. The topological polar surface area (TPSA) is 176 Å². The molecule has 69 heavy (non-hydrogen) atoms. The van der Waals surface area contributed by atoms with Crippen molar-refractivity contribution in [3.05, 3.63) is 71.3 Å². The number of Topliss-reactive ketones (excluding diaryl/α,β-unsaturated/α-hetero) is 1. The number of benzene rings is 2. The van der Waals surface area contributed by atoms with E-state index >= 15 is 0 Å². The number of carbonyl (C=O) groups is 4. The van der Waals surface area contributed by atoms with Gasteiger partial charge in [-0.15, -0.1) is 24.5 Å². The number of hydrogen-bond donors (Lipinski definition) is 1. The molecule has 8 rings (SSSR count). The number of aromatic nitrogens is 3. The number of ketones is 1. The first-order valence-electron chi connectivity index (χ1n) is 23.7. The average molecular weight is 996 g/mol. The Hall–Kier alpha value is -5.30. The van der Waals surface area contributed by atoms with E-state index in [-0.39, 0.29) is 62.4 Å². The molecule has 372 valence electrons. The summed E-state index contributed by atoms with van der Waals surface area (Å²) in [7, 11) is -4.00. The molecule has 2 amide bonds. The first kappa shape index (κ1) is 50.1. The molecule has 0 bridgehead atoms. The summed E-state index contributed by atoms with van der Waals surface area (Å²) >= 11 is 1.36.